The molecule has 0 unspecified atom stereocenters. The van der Waals surface area contributed by atoms with E-state index in [-0.39, 0.29) is 0 Å². The van der Waals surface area contributed by atoms with Gasteiger partial charge in [-0.2, -0.15) is 0 Å². The fourth-order valence-corrected chi connectivity index (χ4v) is 3.56. The molecule has 0 aliphatic rings. The van der Waals surface area contributed by atoms with Gasteiger partial charge in [-0.3, -0.25) is 4.79 Å². The minimum absolute atomic E-state index is 0.616. The molecule has 0 saturated carbocycles. The monoisotopic (exact) mass is 399 g/mol. The van der Waals surface area contributed by atoms with Crippen molar-refractivity contribution in [3.05, 3.63) is 0 Å². The normalized spacial score (nSPS) is 10.1. The van der Waals surface area contributed by atoms with Gasteiger partial charge >= 0.3 is 0 Å². The fraction of sp³-hybridized carbons (Fsp3) is 0.821. The molecule has 0 aliphatic carbocycles. The lowest BCUT2D eigenvalue weighted by Gasteiger charge is -2.00. The zero-order valence-electron chi connectivity index (χ0n) is 19.5. The summed E-state index contributed by atoms with van der Waals surface area (Å²) in [5.74, 6) is 12.4. The molecule has 0 aliphatic heterocycles. The quantitative estimate of drug-likeness (QED) is 0.139. The summed E-state index contributed by atoms with van der Waals surface area (Å²) in [6.07, 6.45) is 29.7. The molecule has 0 bridgehead atoms. The third kappa shape index (κ3) is 26.8. The highest BCUT2D eigenvalue weighted by molar-refractivity contribution is 5.50. The molecule has 1 nitrogen and oxygen atoms in total. The van der Waals surface area contributed by atoms with E-state index in [2.05, 4.69) is 30.6 Å². The maximum atomic E-state index is 10.1. The summed E-state index contributed by atoms with van der Waals surface area (Å²) in [5, 5.41) is 0. The highest BCUT2D eigenvalue weighted by Gasteiger charge is 1.93. The van der Waals surface area contributed by atoms with Gasteiger partial charge in [0.1, 0.15) is 0 Å². The van der Waals surface area contributed by atoms with Crippen LogP contribution >= 0.6 is 0 Å². The molecule has 0 atom stereocenters. The van der Waals surface area contributed by atoms with Gasteiger partial charge in [-0.05, 0) is 31.1 Å². The lowest BCUT2D eigenvalue weighted by atomic mass is 10.1. The Hall–Kier alpha value is -1.21. The number of rotatable bonds is 21. The van der Waals surface area contributed by atoms with E-state index >= 15 is 0 Å². The number of carbonyl (C=O) groups excluding carboxylic acids is 1. The maximum absolute atomic E-state index is 10.1. The topological polar surface area (TPSA) is 17.1 Å². The highest BCUT2D eigenvalue weighted by Crippen LogP contribution is 2.12. The molecule has 0 saturated heterocycles. The highest BCUT2D eigenvalue weighted by atomic mass is 16.1. The summed E-state index contributed by atoms with van der Waals surface area (Å²) in [5.41, 5.74) is 0. The van der Waals surface area contributed by atoms with E-state index in [1.165, 1.54) is 116 Å². The molecule has 0 spiro atoms. The van der Waals surface area contributed by atoms with Gasteiger partial charge in [0, 0.05) is 19.3 Å². The Morgan fingerprint density at radius 1 is 0.414 bits per heavy atom. The van der Waals surface area contributed by atoms with E-state index in [0.717, 1.165) is 19.3 Å². The van der Waals surface area contributed by atoms with Gasteiger partial charge in [0.25, 0.3) is 0 Å². The van der Waals surface area contributed by atoms with E-state index in [1.807, 2.05) is 6.29 Å². The second-order valence-corrected chi connectivity index (χ2v) is 8.36. The van der Waals surface area contributed by atoms with Crippen molar-refractivity contribution in [2.24, 2.45) is 0 Å². The van der Waals surface area contributed by atoms with Crippen LogP contribution in [0.2, 0.25) is 0 Å². The first-order valence-corrected chi connectivity index (χ1v) is 12.7. The molecule has 0 heterocycles. The summed E-state index contributed by atoms with van der Waals surface area (Å²) >= 11 is 0. The molecular weight excluding hydrogens is 352 g/mol. The zero-order chi connectivity index (χ0) is 21.1. The lowest BCUT2D eigenvalue weighted by Crippen LogP contribution is -1.82. The number of hydrogen-bond donors (Lipinski definition) is 0. The molecule has 0 N–H and O–H groups in total. The zero-order valence-corrected chi connectivity index (χ0v) is 19.5. The van der Waals surface area contributed by atoms with Gasteiger partial charge in [0.15, 0.2) is 6.29 Å². The van der Waals surface area contributed by atoms with Crippen LogP contribution in [0.25, 0.3) is 0 Å². The van der Waals surface area contributed by atoms with Gasteiger partial charge in [-0.1, -0.05) is 121 Å². The first-order valence-electron chi connectivity index (χ1n) is 12.7. The first-order chi connectivity index (χ1) is 14.4. The summed E-state index contributed by atoms with van der Waals surface area (Å²) in [4.78, 5) is 10.1. The van der Waals surface area contributed by atoms with Crippen LogP contribution in [-0.4, -0.2) is 6.29 Å². The van der Waals surface area contributed by atoms with Crippen molar-refractivity contribution in [1.82, 2.24) is 0 Å². The molecule has 0 aromatic carbocycles. The summed E-state index contributed by atoms with van der Waals surface area (Å²) in [7, 11) is 0. The van der Waals surface area contributed by atoms with Crippen molar-refractivity contribution < 1.29 is 4.79 Å². The van der Waals surface area contributed by atoms with Crippen molar-refractivity contribution in [2.45, 2.75) is 148 Å². The second-order valence-electron chi connectivity index (χ2n) is 8.36. The van der Waals surface area contributed by atoms with Gasteiger partial charge < -0.3 is 0 Å². The van der Waals surface area contributed by atoms with Crippen LogP contribution in [-0.2, 0) is 4.79 Å². The van der Waals surface area contributed by atoms with Crippen molar-refractivity contribution in [2.75, 3.05) is 0 Å². The van der Waals surface area contributed by atoms with Gasteiger partial charge in [-0.15, -0.1) is 0 Å². The predicted octanol–water partition coefficient (Wildman–Crippen LogP) is 8.71. The smallest absolute Gasteiger partial charge is 0.198 e. The van der Waals surface area contributed by atoms with Crippen molar-refractivity contribution >= 4 is 6.29 Å². The number of hydrogen-bond acceptors (Lipinski definition) is 1. The molecular formula is C28H47O. The van der Waals surface area contributed by atoms with Crippen LogP contribution < -0.4 is 0 Å². The van der Waals surface area contributed by atoms with Gasteiger partial charge in [0.2, 0.25) is 0 Å². The second kappa shape index (κ2) is 26.8. The Morgan fingerprint density at radius 3 is 1.07 bits per heavy atom. The van der Waals surface area contributed by atoms with Crippen LogP contribution in [0.5, 0.6) is 0 Å². The van der Waals surface area contributed by atoms with E-state index in [4.69, 9.17) is 0 Å². The molecule has 0 rings (SSSR count). The Kier molecular flexibility index (Phi) is 25.7. The van der Waals surface area contributed by atoms with Crippen LogP contribution in [0.4, 0.5) is 0 Å². The molecule has 165 valence electrons. The SMILES string of the molecule is CCCCCCCCCCCCC#CC#CCCCCCCCCCCC[C]=O. The molecule has 29 heavy (non-hydrogen) atoms. The molecule has 0 aromatic heterocycles. The Labute approximate surface area is 183 Å². The van der Waals surface area contributed by atoms with E-state index < -0.39 is 0 Å². The molecule has 1 heteroatoms. The van der Waals surface area contributed by atoms with E-state index in [0.29, 0.717) is 6.42 Å². The Morgan fingerprint density at radius 2 is 0.724 bits per heavy atom. The minimum Gasteiger partial charge on any atom is -0.291 e. The van der Waals surface area contributed by atoms with Crippen molar-refractivity contribution in [3.63, 3.8) is 0 Å². The van der Waals surface area contributed by atoms with Crippen molar-refractivity contribution in [3.8, 4) is 23.7 Å². The predicted molar refractivity (Wildman–Crippen MR) is 128 cm³/mol. The maximum Gasteiger partial charge on any atom is 0.198 e. The fourth-order valence-electron chi connectivity index (χ4n) is 3.56. The Bertz CT molecular complexity index is 442. The van der Waals surface area contributed by atoms with Crippen LogP contribution in [0, 0.1) is 23.7 Å². The molecule has 0 fully saturated rings. The largest absolute Gasteiger partial charge is 0.291 e. The first kappa shape index (κ1) is 27.8. The minimum atomic E-state index is 0.616. The van der Waals surface area contributed by atoms with Gasteiger partial charge in [-0.25, -0.2) is 0 Å². The van der Waals surface area contributed by atoms with Crippen LogP contribution in [0.1, 0.15) is 148 Å². The van der Waals surface area contributed by atoms with Crippen molar-refractivity contribution in [1.29, 1.82) is 0 Å². The van der Waals surface area contributed by atoms with Gasteiger partial charge in [0.05, 0.1) is 0 Å². The lowest BCUT2D eigenvalue weighted by molar-refractivity contribution is 0.537. The van der Waals surface area contributed by atoms with E-state index in [9.17, 15) is 4.79 Å². The summed E-state index contributed by atoms with van der Waals surface area (Å²) in [6, 6.07) is 0. The molecule has 0 aromatic rings. The molecule has 1 radical (unpaired) electrons. The third-order valence-electron chi connectivity index (χ3n) is 5.48. The average Bonchev–Trinajstić information content (AvgIpc) is 2.74. The average molecular weight is 400 g/mol. The van der Waals surface area contributed by atoms with Crippen LogP contribution in [0.3, 0.4) is 0 Å². The Balaban J connectivity index is 3.22. The summed E-state index contributed by atoms with van der Waals surface area (Å²) in [6.45, 7) is 2.28. The van der Waals surface area contributed by atoms with E-state index in [1.54, 1.807) is 0 Å². The summed E-state index contributed by atoms with van der Waals surface area (Å²) < 4.78 is 0. The van der Waals surface area contributed by atoms with Crippen LogP contribution in [0.15, 0.2) is 0 Å². The third-order valence-corrected chi connectivity index (χ3v) is 5.48. The molecule has 0 amide bonds. The standard InChI is InChI=1S/C28H47O/c1-2-3-4-5-6-7-8-9-10-11-12-13-14-15-16-17-18-19-20-21-22-23-24-25-26-27-28-29/h2-12,17-27H2,1H3. The number of unbranched alkanes of at least 4 members (excludes halogenated alkanes) is 20.